The second-order valence-electron chi connectivity index (χ2n) is 7.59. The summed E-state index contributed by atoms with van der Waals surface area (Å²) >= 11 is 2.92. The Kier molecular flexibility index (Phi) is 8.53. The van der Waals surface area contributed by atoms with Gasteiger partial charge in [0.25, 0.3) is 11.8 Å². The second kappa shape index (κ2) is 12.2. The van der Waals surface area contributed by atoms with Gasteiger partial charge in [0.05, 0.1) is 29.3 Å². The number of thioether (sulfide) groups is 1. The van der Waals surface area contributed by atoms with Gasteiger partial charge in [-0.1, -0.05) is 42.1 Å². The van der Waals surface area contributed by atoms with Crippen LogP contribution in [0, 0.1) is 6.92 Å². The number of methoxy groups -OCH3 is 1. The Morgan fingerprint density at radius 2 is 1.86 bits per heavy atom. The lowest BCUT2D eigenvalue weighted by Crippen LogP contribution is -2.20. The minimum Gasteiger partial charge on any atom is -0.493 e. The van der Waals surface area contributed by atoms with Crippen molar-refractivity contribution in [1.82, 2.24) is 10.4 Å². The summed E-state index contributed by atoms with van der Waals surface area (Å²) in [7, 11) is 1.51. The first kappa shape index (κ1) is 25.2. The quantitative estimate of drug-likeness (QED) is 0.176. The Labute approximate surface area is 216 Å². The summed E-state index contributed by atoms with van der Waals surface area (Å²) in [5.41, 5.74) is 5.85. The third-order valence-corrected chi connectivity index (χ3v) is 7.15. The van der Waals surface area contributed by atoms with E-state index < -0.39 is 0 Å². The Morgan fingerprint density at radius 3 is 2.67 bits per heavy atom. The van der Waals surface area contributed by atoms with Gasteiger partial charge in [-0.15, -0.1) is 11.3 Å². The van der Waals surface area contributed by atoms with Crippen molar-refractivity contribution in [3.63, 3.8) is 0 Å². The van der Waals surface area contributed by atoms with Crippen LogP contribution in [0.15, 0.2) is 76.2 Å². The summed E-state index contributed by atoms with van der Waals surface area (Å²) in [5, 5.41) is 6.84. The van der Waals surface area contributed by atoms with Crippen molar-refractivity contribution in [2.24, 2.45) is 5.10 Å². The lowest BCUT2D eigenvalue weighted by molar-refractivity contribution is -0.119. The summed E-state index contributed by atoms with van der Waals surface area (Å²) < 4.78 is 12.9. The molecular weight excluding hydrogens is 496 g/mol. The molecule has 10 heteroatoms. The summed E-state index contributed by atoms with van der Waals surface area (Å²) in [4.78, 5) is 28.9. The number of aromatic nitrogens is 1. The maximum absolute atomic E-state index is 12.3. The van der Waals surface area contributed by atoms with E-state index in [4.69, 9.17) is 9.47 Å². The van der Waals surface area contributed by atoms with Crippen LogP contribution < -0.4 is 20.2 Å². The summed E-state index contributed by atoms with van der Waals surface area (Å²) in [5.74, 6) is 0.564. The highest BCUT2D eigenvalue weighted by Crippen LogP contribution is 2.29. The molecule has 0 bridgehead atoms. The van der Waals surface area contributed by atoms with Crippen molar-refractivity contribution >= 4 is 57.0 Å². The molecule has 0 saturated carbocycles. The fraction of sp³-hybridized carbons (Fsp3) is 0.154. The lowest BCUT2D eigenvalue weighted by atomic mass is 10.2. The van der Waals surface area contributed by atoms with Crippen LogP contribution in [0.4, 0.5) is 5.69 Å². The monoisotopic (exact) mass is 520 g/mol. The molecule has 2 N–H and O–H groups in total. The van der Waals surface area contributed by atoms with Crippen molar-refractivity contribution in [2.45, 2.75) is 11.3 Å². The normalized spacial score (nSPS) is 10.9. The molecule has 36 heavy (non-hydrogen) atoms. The summed E-state index contributed by atoms with van der Waals surface area (Å²) in [6, 6.07) is 20.5. The first-order valence-electron chi connectivity index (χ1n) is 11.0. The molecule has 0 aliphatic heterocycles. The molecule has 4 aromatic rings. The zero-order valence-electron chi connectivity index (χ0n) is 19.7. The smallest absolute Gasteiger partial charge is 0.262 e. The number of ether oxygens (including phenoxy) is 2. The average Bonchev–Trinajstić information content (AvgIpc) is 3.31. The fourth-order valence-corrected chi connectivity index (χ4v) is 5.04. The molecule has 0 atom stereocenters. The number of carbonyl (C=O) groups excluding carboxylic acids is 2. The third-order valence-electron chi connectivity index (χ3n) is 4.97. The Balaban J connectivity index is 1.26. The second-order valence-corrected chi connectivity index (χ2v) is 9.84. The maximum atomic E-state index is 12.3. The number of nitrogens with one attached hydrogen (secondary N) is 2. The van der Waals surface area contributed by atoms with Gasteiger partial charge in [-0.3, -0.25) is 9.59 Å². The number of carbonyl (C=O) groups is 2. The van der Waals surface area contributed by atoms with E-state index in [0.717, 1.165) is 25.8 Å². The summed E-state index contributed by atoms with van der Waals surface area (Å²) in [6.45, 7) is 1.75. The molecule has 184 valence electrons. The SMILES string of the molecule is COc1cc(/C=N/NC(=O)CSc2nc3ccccc3s2)ccc1OCC(=O)Nc1ccccc1C. The van der Waals surface area contributed by atoms with Crippen molar-refractivity contribution in [1.29, 1.82) is 0 Å². The molecule has 0 unspecified atom stereocenters. The molecule has 0 saturated heterocycles. The number of hydrazone groups is 1. The van der Waals surface area contributed by atoms with Crippen LogP contribution in [-0.4, -0.2) is 42.5 Å². The van der Waals surface area contributed by atoms with Gasteiger partial charge in [0.1, 0.15) is 0 Å². The molecule has 0 radical (unpaired) electrons. The predicted molar refractivity (Wildman–Crippen MR) is 144 cm³/mol. The number of hydrogen-bond donors (Lipinski definition) is 2. The van der Waals surface area contributed by atoms with E-state index >= 15 is 0 Å². The number of amides is 2. The maximum Gasteiger partial charge on any atom is 0.262 e. The zero-order valence-corrected chi connectivity index (χ0v) is 21.3. The van der Waals surface area contributed by atoms with Gasteiger partial charge in [-0.05, 0) is 54.4 Å². The predicted octanol–water partition coefficient (Wildman–Crippen LogP) is 4.87. The van der Waals surface area contributed by atoms with Crippen LogP contribution in [0.1, 0.15) is 11.1 Å². The molecular formula is C26H24N4O4S2. The zero-order chi connectivity index (χ0) is 25.3. The molecule has 0 fully saturated rings. The van der Waals surface area contributed by atoms with Gasteiger partial charge in [0.2, 0.25) is 0 Å². The highest BCUT2D eigenvalue weighted by atomic mass is 32.2. The van der Waals surface area contributed by atoms with Crippen LogP contribution in [0.5, 0.6) is 11.5 Å². The van der Waals surface area contributed by atoms with Crippen molar-refractivity contribution in [2.75, 3.05) is 24.8 Å². The fourth-order valence-electron chi connectivity index (χ4n) is 3.18. The van der Waals surface area contributed by atoms with Crippen molar-refractivity contribution in [3.05, 3.63) is 77.9 Å². The molecule has 0 spiro atoms. The number of aryl methyl sites for hydroxylation is 1. The summed E-state index contributed by atoms with van der Waals surface area (Å²) in [6.07, 6.45) is 1.51. The molecule has 2 amide bonds. The van der Waals surface area contributed by atoms with E-state index in [1.807, 2.05) is 55.5 Å². The topological polar surface area (TPSA) is 102 Å². The number of anilines is 1. The number of benzene rings is 3. The van der Waals surface area contributed by atoms with Crippen molar-refractivity contribution < 1.29 is 19.1 Å². The number of para-hydroxylation sites is 2. The Morgan fingerprint density at radius 1 is 1.06 bits per heavy atom. The van der Waals surface area contributed by atoms with E-state index in [0.29, 0.717) is 17.1 Å². The molecule has 1 aromatic heterocycles. The van der Waals surface area contributed by atoms with Crippen LogP contribution in [0.3, 0.4) is 0 Å². The standard InChI is InChI=1S/C26H24N4O4S2/c1-17-7-3-4-8-19(17)28-24(31)15-34-21-12-11-18(13-22(21)33-2)14-27-30-25(32)16-35-26-29-20-9-5-6-10-23(20)36-26/h3-14H,15-16H2,1-2H3,(H,28,31)(H,30,32)/b27-14+. The number of thiazole rings is 1. The Hall–Kier alpha value is -3.89. The lowest BCUT2D eigenvalue weighted by Gasteiger charge is -2.12. The highest BCUT2D eigenvalue weighted by Gasteiger charge is 2.10. The number of rotatable bonds is 10. The minimum atomic E-state index is -0.275. The van der Waals surface area contributed by atoms with Gasteiger partial charge in [0, 0.05) is 5.69 Å². The molecule has 1 heterocycles. The molecule has 8 nitrogen and oxygen atoms in total. The Bertz CT molecular complexity index is 1370. The third kappa shape index (κ3) is 6.83. The number of hydrogen-bond acceptors (Lipinski definition) is 8. The van der Waals surface area contributed by atoms with Gasteiger partial charge in [0.15, 0.2) is 22.4 Å². The van der Waals surface area contributed by atoms with E-state index in [9.17, 15) is 9.59 Å². The van der Waals surface area contributed by atoms with Gasteiger partial charge in [-0.25, -0.2) is 10.4 Å². The van der Waals surface area contributed by atoms with Crippen molar-refractivity contribution in [3.8, 4) is 11.5 Å². The first-order valence-corrected chi connectivity index (χ1v) is 12.8. The first-order chi connectivity index (χ1) is 17.5. The van der Waals surface area contributed by atoms with Gasteiger partial charge in [-0.2, -0.15) is 5.10 Å². The van der Waals surface area contributed by atoms with Crippen LogP contribution in [-0.2, 0) is 9.59 Å². The van der Waals surface area contributed by atoms with E-state index in [1.54, 1.807) is 29.5 Å². The molecule has 3 aromatic carbocycles. The average molecular weight is 521 g/mol. The number of nitrogens with zero attached hydrogens (tertiary/aromatic N) is 2. The van der Waals surface area contributed by atoms with Gasteiger partial charge < -0.3 is 14.8 Å². The highest BCUT2D eigenvalue weighted by molar-refractivity contribution is 8.01. The molecule has 4 rings (SSSR count). The van der Waals surface area contributed by atoms with E-state index in [1.165, 1.54) is 25.1 Å². The van der Waals surface area contributed by atoms with E-state index in [-0.39, 0.29) is 24.2 Å². The van der Waals surface area contributed by atoms with E-state index in [2.05, 4.69) is 20.8 Å². The number of fused-ring (bicyclic) bond motifs is 1. The van der Waals surface area contributed by atoms with Crippen LogP contribution >= 0.6 is 23.1 Å². The molecule has 0 aliphatic rings. The van der Waals surface area contributed by atoms with Gasteiger partial charge >= 0.3 is 0 Å². The largest absolute Gasteiger partial charge is 0.493 e. The van der Waals surface area contributed by atoms with Crippen LogP contribution in [0.2, 0.25) is 0 Å². The molecule has 0 aliphatic carbocycles. The minimum absolute atomic E-state index is 0.166. The van der Waals surface area contributed by atoms with Crippen LogP contribution in [0.25, 0.3) is 10.2 Å².